The average molecular weight is 279 g/mol. The van der Waals surface area contributed by atoms with Gasteiger partial charge in [-0.05, 0) is 62.3 Å². The van der Waals surface area contributed by atoms with Crippen LogP contribution in [0, 0.1) is 12.8 Å². The Balaban J connectivity index is 1.93. The summed E-state index contributed by atoms with van der Waals surface area (Å²) in [5.74, 6) is 4.50. The molecule has 0 spiro atoms. The van der Waals surface area contributed by atoms with Gasteiger partial charge in [-0.1, -0.05) is 12.1 Å². The Morgan fingerprint density at radius 2 is 2.11 bits per heavy atom. The third kappa shape index (κ3) is 4.15. The smallest absolute Gasteiger partial charge is 0.123 e. The number of benzene rings is 1. The standard InChI is InChI=1S/C16H25NOS/c1-12-4-5-15(16(10-12)18-3)13(2)17-11-14-6-8-19-9-7-14/h4-5,10,13-14,17H,6-9,11H2,1-3H3. The lowest BCUT2D eigenvalue weighted by atomic mass is 10.0. The molecule has 106 valence electrons. The van der Waals surface area contributed by atoms with Gasteiger partial charge < -0.3 is 10.1 Å². The van der Waals surface area contributed by atoms with E-state index in [9.17, 15) is 0 Å². The zero-order valence-electron chi connectivity index (χ0n) is 12.2. The molecule has 1 aliphatic rings. The second kappa shape index (κ2) is 7.20. The maximum Gasteiger partial charge on any atom is 0.123 e. The molecule has 1 N–H and O–H groups in total. The van der Waals surface area contributed by atoms with Crippen molar-refractivity contribution in [3.63, 3.8) is 0 Å². The lowest BCUT2D eigenvalue weighted by Gasteiger charge is -2.24. The summed E-state index contributed by atoms with van der Waals surface area (Å²) in [5.41, 5.74) is 2.51. The molecule has 0 aromatic heterocycles. The monoisotopic (exact) mass is 279 g/mol. The maximum absolute atomic E-state index is 5.50. The van der Waals surface area contributed by atoms with Crippen LogP contribution in [0.25, 0.3) is 0 Å². The molecule has 19 heavy (non-hydrogen) atoms. The van der Waals surface area contributed by atoms with Crippen LogP contribution >= 0.6 is 11.8 Å². The van der Waals surface area contributed by atoms with Crippen molar-refractivity contribution in [1.29, 1.82) is 0 Å². The predicted octanol–water partition coefficient (Wildman–Crippen LogP) is 3.80. The van der Waals surface area contributed by atoms with Gasteiger partial charge in [-0.15, -0.1) is 0 Å². The first-order chi connectivity index (χ1) is 9.20. The lowest BCUT2D eigenvalue weighted by molar-refractivity contribution is 0.388. The van der Waals surface area contributed by atoms with Gasteiger partial charge in [0.15, 0.2) is 0 Å². The van der Waals surface area contributed by atoms with Crippen molar-refractivity contribution in [2.24, 2.45) is 5.92 Å². The largest absolute Gasteiger partial charge is 0.496 e. The highest BCUT2D eigenvalue weighted by molar-refractivity contribution is 7.99. The Morgan fingerprint density at radius 1 is 1.37 bits per heavy atom. The SMILES string of the molecule is COc1cc(C)ccc1C(C)NCC1CCSCC1. The van der Waals surface area contributed by atoms with Crippen molar-refractivity contribution in [2.75, 3.05) is 25.2 Å². The molecule has 1 unspecified atom stereocenters. The second-order valence-corrected chi connectivity index (χ2v) is 6.66. The fraction of sp³-hybridized carbons (Fsp3) is 0.625. The molecule has 2 nitrogen and oxygen atoms in total. The zero-order valence-corrected chi connectivity index (χ0v) is 13.1. The number of hydrogen-bond acceptors (Lipinski definition) is 3. The highest BCUT2D eigenvalue weighted by Gasteiger charge is 2.16. The number of rotatable bonds is 5. The van der Waals surface area contributed by atoms with Crippen LogP contribution in [0.1, 0.15) is 36.9 Å². The van der Waals surface area contributed by atoms with Crippen molar-refractivity contribution in [3.05, 3.63) is 29.3 Å². The number of thioether (sulfide) groups is 1. The van der Waals surface area contributed by atoms with E-state index < -0.39 is 0 Å². The van der Waals surface area contributed by atoms with Crippen molar-refractivity contribution < 1.29 is 4.74 Å². The van der Waals surface area contributed by atoms with E-state index >= 15 is 0 Å². The predicted molar refractivity (Wildman–Crippen MR) is 84.2 cm³/mol. The summed E-state index contributed by atoms with van der Waals surface area (Å²) in [6.07, 6.45) is 2.71. The molecule has 0 aliphatic carbocycles. The normalized spacial score (nSPS) is 18.3. The van der Waals surface area contributed by atoms with Crippen LogP contribution in [0.2, 0.25) is 0 Å². The molecule has 1 aromatic carbocycles. The van der Waals surface area contributed by atoms with Crippen LogP contribution in [-0.4, -0.2) is 25.2 Å². The minimum atomic E-state index is 0.352. The van der Waals surface area contributed by atoms with E-state index in [4.69, 9.17) is 4.74 Å². The molecule has 1 saturated heterocycles. The second-order valence-electron chi connectivity index (χ2n) is 5.43. The number of methoxy groups -OCH3 is 1. The quantitative estimate of drug-likeness (QED) is 0.886. The van der Waals surface area contributed by atoms with Gasteiger partial charge in [-0.25, -0.2) is 0 Å². The van der Waals surface area contributed by atoms with Gasteiger partial charge in [0.1, 0.15) is 5.75 Å². The number of hydrogen-bond donors (Lipinski definition) is 1. The van der Waals surface area contributed by atoms with E-state index in [0.717, 1.165) is 18.2 Å². The molecule has 1 heterocycles. The van der Waals surface area contributed by atoms with E-state index in [1.54, 1.807) is 7.11 Å². The van der Waals surface area contributed by atoms with Crippen LogP contribution in [-0.2, 0) is 0 Å². The Hall–Kier alpha value is -0.670. The van der Waals surface area contributed by atoms with E-state index in [1.807, 2.05) is 0 Å². The summed E-state index contributed by atoms with van der Waals surface area (Å²) >= 11 is 2.09. The lowest BCUT2D eigenvalue weighted by Crippen LogP contribution is -2.28. The number of aryl methyl sites for hydroxylation is 1. The molecule has 0 saturated carbocycles. The maximum atomic E-state index is 5.50. The third-order valence-electron chi connectivity index (χ3n) is 3.91. The van der Waals surface area contributed by atoms with Gasteiger partial charge in [0, 0.05) is 11.6 Å². The Bertz CT molecular complexity index is 402. The van der Waals surface area contributed by atoms with Crippen molar-refractivity contribution in [2.45, 2.75) is 32.7 Å². The molecule has 3 heteroatoms. The molecular formula is C16H25NOS. The molecule has 1 fully saturated rings. The molecule has 0 amide bonds. The Labute approximate surface area is 121 Å². The van der Waals surface area contributed by atoms with Crippen LogP contribution in [0.15, 0.2) is 18.2 Å². The van der Waals surface area contributed by atoms with Crippen molar-refractivity contribution in [1.82, 2.24) is 5.32 Å². The molecule has 1 atom stereocenters. The van der Waals surface area contributed by atoms with Crippen LogP contribution in [0.3, 0.4) is 0 Å². The summed E-state index contributed by atoms with van der Waals surface area (Å²) in [6, 6.07) is 6.81. The zero-order chi connectivity index (χ0) is 13.7. The first kappa shape index (κ1) is 14.7. The van der Waals surface area contributed by atoms with E-state index in [0.29, 0.717) is 6.04 Å². The Kier molecular flexibility index (Phi) is 5.59. The Morgan fingerprint density at radius 3 is 2.79 bits per heavy atom. The van der Waals surface area contributed by atoms with Gasteiger partial charge in [0.05, 0.1) is 7.11 Å². The average Bonchev–Trinajstić information content (AvgIpc) is 2.45. The fourth-order valence-corrected chi connectivity index (χ4v) is 3.78. The summed E-state index contributed by atoms with van der Waals surface area (Å²) in [6.45, 7) is 5.45. The van der Waals surface area contributed by atoms with Crippen LogP contribution in [0.4, 0.5) is 0 Å². The van der Waals surface area contributed by atoms with E-state index in [2.05, 4.69) is 49.1 Å². The molecule has 2 rings (SSSR count). The van der Waals surface area contributed by atoms with E-state index in [1.165, 1.54) is 35.5 Å². The van der Waals surface area contributed by atoms with Gasteiger partial charge in [0.2, 0.25) is 0 Å². The first-order valence-corrected chi connectivity index (χ1v) is 8.32. The minimum Gasteiger partial charge on any atom is -0.496 e. The summed E-state index contributed by atoms with van der Waals surface area (Å²) in [4.78, 5) is 0. The van der Waals surface area contributed by atoms with Crippen LogP contribution in [0.5, 0.6) is 5.75 Å². The third-order valence-corrected chi connectivity index (χ3v) is 4.96. The summed E-state index contributed by atoms with van der Waals surface area (Å²) in [5, 5.41) is 3.67. The van der Waals surface area contributed by atoms with Gasteiger partial charge in [-0.3, -0.25) is 0 Å². The van der Waals surface area contributed by atoms with E-state index in [-0.39, 0.29) is 0 Å². The first-order valence-electron chi connectivity index (χ1n) is 7.16. The van der Waals surface area contributed by atoms with Crippen molar-refractivity contribution in [3.8, 4) is 5.75 Å². The van der Waals surface area contributed by atoms with Gasteiger partial charge in [0.25, 0.3) is 0 Å². The number of nitrogens with one attached hydrogen (secondary N) is 1. The van der Waals surface area contributed by atoms with Crippen molar-refractivity contribution >= 4 is 11.8 Å². The molecular weight excluding hydrogens is 254 g/mol. The minimum absolute atomic E-state index is 0.352. The molecule has 1 aliphatic heterocycles. The van der Waals surface area contributed by atoms with Crippen LogP contribution < -0.4 is 10.1 Å². The van der Waals surface area contributed by atoms with Gasteiger partial charge in [-0.2, -0.15) is 11.8 Å². The highest BCUT2D eigenvalue weighted by Crippen LogP contribution is 2.27. The van der Waals surface area contributed by atoms with Gasteiger partial charge >= 0.3 is 0 Å². The summed E-state index contributed by atoms with van der Waals surface area (Å²) < 4.78 is 5.50. The number of ether oxygens (including phenoxy) is 1. The fourth-order valence-electron chi connectivity index (χ4n) is 2.58. The highest BCUT2D eigenvalue weighted by atomic mass is 32.2. The molecule has 1 aromatic rings. The topological polar surface area (TPSA) is 21.3 Å². The summed E-state index contributed by atoms with van der Waals surface area (Å²) in [7, 11) is 1.75. The molecule has 0 bridgehead atoms. The molecule has 0 radical (unpaired) electrons.